The smallest absolute Gasteiger partial charge is 0.315 e. The monoisotopic (exact) mass is 352 g/mol. The SMILES string of the molecule is CC(N)C1CCCCN1C(=O)CNC(=O)NCc1ccc(Cl)cc1. The van der Waals surface area contributed by atoms with E-state index in [1.165, 1.54) is 0 Å². The van der Waals surface area contributed by atoms with Crippen LogP contribution in [0.15, 0.2) is 24.3 Å². The number of benzene rings is 1. The van der Waals surface area contributed by atoms with E-state index >= 15 is 0 Å². The summed E-state index contributed by atoms with van der Waals surface area (Å²) in [7, 11) is 0. The van der Waals surface area contributed by atoms with Crippen molar-refractivity contribution in [3.8, 4) is 0 Å². The van der Waals surface area contributed by atoms with Crippen LogP contribution in [0.5, 0.6) is 0 Å². The van der Waals surface area contributed by atoms with E-state index in [9.17, 15) is 9.59 Å². The number of carbonyl (C=O) groups is 2. The Labute approximate surface area is 147 Å². The fraction of sp³-hybridized carbons (Fsp3) is 0.529. The molecule has 0 aromatic heterocycles. The fourth-order valence-corrected chi connectivity index (χ4v) is 3.04. The maximum atomic E-state index is 12.3. The molecule has 1 heterocycles. The predicted molar refractivity (Wildman–Crippen MR) is 94.7 cm³/mol. The van der Waals surface area contributed by atoms with Crippen LogP contribution in [-0.2, 0) is 11.3 Å². The molecule has 0 radical (unpaired) electrons. The minimum Gasteiger partial charge on any atom is -0.337 e. The van der Waals surface area contributed by atoms with Gasteiger partial charge in [0.25, 0.3) is 0 Å². The van der Waals surface area contributed by atoms with Gasteiger partial charge < -0.3 is 21.3 Å². The van der Waals surface area contributed by atoms with Gasteiger partial charge in [0.15, 0.2) is 0 Å². The first-order valence-electron chi connectivity index (χ1n) is 8.28. The molecule has 1 aromatic rings. The molecule has 0 aliphatic carbocycles. The second kappa shape index (κ2) is 8.89. The third-order valence-electron chi connectivity index (χ3n) is 4.24. The third-order valence-corrected chi connectivity index (χ3v) is 4.49. The number of carbonyl (C=O) groups excluding carboxylic acids is 2. The zero-order valence-electron chi connectivity index (χ0n) is 13.9. The molecule has 1 aromatic carbocycles. The van der Waals surface area contributed by atoms with E-state index < -0.39 is 0 Å². The molecular weight excluding hydrogens is 328 g/mol. The molecule has 0 saturated carbocycles. The van der Waals surface area contributed by atoms with Crippen molar-refractivity contribution in [3.63, 3.8) is 0 Å². The van der Waals surface area contributed by atoms with Crippen LogP contribution >= 0.6 is 11.6 Å². The molecule has 6 nitrogen and oxygen atoms in total. The Morgan fingerprint density at radius 2 is 2.00 bits per heavy atom. The number of nitrogens with zero attached hydrogens (tertiary/aromatic N) is 1. The lowest BCUT2D eigenvalue weighted by Crippen LogP contribution is -2.54. The van der Waals surface area contributed by atoms with Gasteiger partial charge in [0.1, 0.15) is 0 Å². The Kier molecular flexibility index (Phi) is 6.87. The minimum atomic E-state index is -0.368. The molecular formula is C17H25ClN4O2. The molecule has 0 spiro atoms. The number of piperidine rings is 1. The van der Waals surface area contributed by atoms with Gasteiger partial charge in [0, 0.05) is 30.2 Å². The van der Waals surface area contributed by atoms with Crippen LogP contribution in [0, 0.1) is 0 Å². The predicted octanol–water partition coefficient (Wildman–Crippen LogP) is 1.87. The lowest BCUT2D eigenvalue weighted by molar-refractivity contribution is -0.134. The van der Waals surface area contributed by atoms with Crippen LogP contribution in [-0.4, -0.2) is 42.0 Å². The second-order valence-electron chi connectivity index (χ2n) is 6.17. The van der Waals surface area contributed by atoms with E-state index in [4.69, 9.17) is 17.3 Å². The number of likely N-dealkylation sites (tertiary alicyclic amines) is 1. The van der Waals surface area contributed by atoms with Crippen LogP contribution in [0.4, 0.5) is 4.79 Å². The van der Waals surface area contributed by atoms with Crippen molar-refractivity contribution in [2.45, 2.75) is 44.8 Å². The summed E-state index contributed by atoms with van der Waals surface area (Å²) in [6.45, 7) is 2.99. The molecule has 132 valence electrons. The summed E-state index contributed by atoms with van der Waals surface area (Å²) in [6.07, 6.45) is 2.99. The Morgan fingerprint density at radius 1 is 1.29 bits per heavy atom. The highest BCUT2D eigenvalue weighted by molar-refractivity contribution is 6.30. The summed E-state index contributed by atoms with van der Waals surface area (Å²) in [6, 6.07) is 6.85. The summed E-state index contributed by atoms with van der Waals surface area (Å²) >= 11 is 5.82. The number of urea groups is 1. The van der Waals surface area contributed by atoms with E-state index in [2.05, 4.69) is 10.6 Å². The zero-order chi connectivity index (χ0) is 17.5. The standard InChI is InChI=1S/C17H25ClN4O2/c1-12(19)15-4-2-3-9-22(15)16(23)11-21-17(24)20-10-13-5-7-14(18)8-6-13/h5-8,12,15H,2-4,9-11,19H2,1H3,(H2,20,21,24). The molecule has 3 amide bonds. The number of nitrogens with one attached hydrogen (secondary N) is 2. The first-order chi connectivity index (χ1) is 11.5. The average molecular weight is 353 g/mol. The first kappa shape index (κ1) is 18.5. The summed E-state index contributed by atoms with van der Waals surface area (Å²) in [5.74, 6) is -0.0846. The van der Waals surface area contributed by atoms with Gasteiger partial charge in [-0.2, -0.15) is 0 Å². The highest BCUT2D eigenvalue weighted by atomic mass is 35.5. The Balaban J connectivity index is 1.76. The molecule has 0 bridgehead atoms. The van der Waals surface area contributed by atoms with Crippen LogP contribution in [0.2, 0.25) is 5.02 Å². The molecule has 2 atom stereocenters. The summed E-state index contributed by atoms with van der Waals surface area (Å²) in [5, 5.41) is 5.99. The van der Waals surface area contributed by atoms with Crippen molar-refractivity contribution in [1.29, 1.82) is 0 Å². The Hall–Kier alpha value is -1.79. The van der Waals surface area contributed by atoms with Crippen molar-refractivity contribution in [2.75, 3.05) is 13.1 Å². The molecule has 7 heteroatoms. The molecule has 1 fully saturated rings. The highest BCUT2D eigenvalue weighted by Gasteiger charge is 2.28. The van der Waals surface area contributed by atoms with Gasteiger partial charge in [-0.1, -0.05) is 23.7 Å². The van der Waals surface area contributed by atoms with Crippen molar-refractivity contribution < 1.29 is 9.59 Å². The summed E-state index contributed by atoms with van der Waals surface area (Å²) in [4.78, 5) is 26.0. The van der Waals surface area contributed by atoms with Gasteiger partial charge in [0.05, 0.1) is 6.54 Å². The minimum absolute atomic E-state index is 0.0182. The van der Waals surface area contributed by atoms with E-state index in [-0.39, 0.29) is 30.6 Å². The van der Waals surface area contributed by atoms with Gasteiger partial charge in [-0.15, -0.1) is 0 Å². The molecule has 2 rings (SSSR count). The van der Waals surface area contributed by atoms with Crippen LogP contribution in [0.25, 0.3) is 0 Å². The molecule has 1 aliphatic heterocycles. The number of rotatable bonds is 5. The number of halogens is 1. The molecule has 4 N–H and O–H groups in total. The molecule has 24 heavy (non-hydrogen) atoms. The quantitative estimate of drug-likeness (QED) is 0.756. The highest BCUT2D eigenvalue weighted by Crippen LogP contribution is 2.18. The third kappa shape index (κ3) is 5.39. The molecule has 2 unspecified atom stereocenters. The van der Waals surface area contributed by atoms with Crippen LogP contribution in [0.1, 0.15) is 31.7 Å². The lowest BCUT2D eigenvalue weighted by atomic mass is 9.97. The van der Waals surface area contributed by atoms with E-state index in [1.807, 2.05) is 19.1 Å². The second-order valence-corrected chi connectivity index (χ2v) is 6.61. The van der Waals surface area contributed by atoms with E-state index in [0.717, 1.165) is 24.8 Å². The fourth-order valence-electron chi connectivity index (χ4n) is 2.92. The maximum absolute atomic E-state index is 12.3. The van der Waals surface area contributed by atoms with Crippen LogP contribution in [0.3, 0.4) is 0 Å². The Bertz CT molecular complexity index is 562. The Morgan fingerprint density at radius 3 is 2.67 bits per heavy atom. The van der Waals surface area contributed by atoms with E-state index in [0.29, 0.717) is 18.1 Å². The number of nitrogens with two attached hydrogens (primary N) is 1. The zero-order valence-corrected chi connectivity index (χ0v) is 14.7. The number of amides is 3. The maximum Gasteiger partial charge on any atom is 0.315 e. The lowest BCUT2D eigenvalue weighted by Gasteiger charge is -2.38. The molecule has 1 aliphatic rings. The van der Waals surface area contributed by atoms with Gasteiger partial charge in [-0.3, -0.25) is 4.79 Å². The number of hydrogen-bond acceptors (Lipinski definition) is 3. The van der Waals surface area contributed by atoms with Gasteiger partial charge in [-0.25, -0.2) is 4.79 Å². The van der Waals surface area contributed by atoms with Crippen molar-refractivity contribution in [1.82, 2.24) is 15.5 Å². The largest absolute Gasteiger partial charge is 0.337 e. The first-order valence-corrected chi connectivity index (χ1v) is 8.66. The number of hydrogen-bond donors (Lipinski definition) is 3. The molecule has 1 saturated heterocycles. The van der Waals surface area contributed by atoms with Crippen LogP contribution < -0.4 is 16.4 Å². The van der Waals surface area contributed by atoms with Gasteiger partial charge >= 0.3 is 6.03 Å². The van der Waals surface area contributed by atoms with Crippen molar-refractivity contribution >= 4 is 23.5 Å². The normalized spacial score (nSPS) is 18.8. The topological polar surface area (TPSA) is 87.5 Å². The van der Waals surface area contributed by atoms with Gasteiger partial charge in [0.2, 0.25) is 5.91 Å². The summed E-state index contributed by atoms with van der Waals surface area (Å²) < 4.78 is 0. The van der Waals surface area contributed by atoms with Crippen molar-refractivity contribution in [2.24, 2.45) is 5.73 Å². The average Bonchev–Trinajstić information content (AvgIpc) is 2.59. The van der Waals surface area contributed by atoms with Gasteiger partial charge in [-0.05, 0) is 43.9 Å². The summed E-state index contributed by atoms with van der Waals surface area (Å²) in [5.41, 5.74) is 6.91. The van der Waals surface area contributed by atoms with Crippen molar-refractivity contribution in [3.05, 3.63) is 34.9 Å². The van der Waals surface area contributed by atoms with E-state index in [1.54, 1.807) is 17.0 Å².